The first-order chi connectivity index (χ1) is 10.3. The molecule has 1 aromatic heterocycles. The van der Waals surface area contributed by atoms with Gasteiger partial charge in [-0.3, -0.25) is 0 Å². The normalized spacial score (nSPS) is 17.9. The molecule has 0 aromatic carbocycles. The molecule has 124 valence electrons. The molecule has 0 spiro atoms. The van der Waals surface area contributed by atoms with Gasteiger partial charge < -0.3 is 15.4 Å². The Morgan fingerprint density at radius 2 is 2.18 bits per heavy atom. The topological polar surface area (TPSA) is 63.2 Å². The average Bonchev–Trinajstić information content (AvgIpc) is 3.14. The Kier molecular flexibility index (Phi) is 5.45. The van der Waals surface area contributed by atoms with Crippen LogP contribution in [-0.2, 0) is 4.74 Å². The van der Waals surface area contributed by atoms with E-state index in [9.17, 15) is 4.79 Å². The van der Waals surface area contributed by atoms with Crippen molar-refractivity contribution >= 4 is 17.4 Å². The summed E-state index contributed by atoms with van der Waals surface area (Å²) in [5, 5.41) is 6.53. The molecule has 1 saturated carbocycles. The molecule has 1 aliphatic carbocycles. The van der Waals surface area contributed by atoms with Crippen molar-refractivity contribution in [3.05, 3.63) is 16.1 Å². The van der Waals surface area contributed by atoms with E-state index in [1.54, 1.807) is 11.3 Å². The molecule has 2 unspecified atom stereocenters. The van der Waals surface area contributed by atoms with Crippen LogP contribution in [0.4, 0.5) is 4.79 Å². The SMILES string of the molecule is Cc1ncsc1C(C)NCC(NC(=O)OC(C)(C)C)C1CC1. The molecule has 1 aliphatic rings. The third-order valence-electron chi connectivity index (χ3n) is 3.71. The molecular formula is C16H27N3O2S. The van der Waals surface area contributed by atoms with Gasteiger partial charge in [-0.2, -0.15) is 0 Å². The van der Waals surface area contributed by atoms with Gasteiger partial charge in [-0.25, -0.2) is 9.78 Å². The summed E-state index contributed by atoms with van der Waals surface area (Å²) in [7, 11) is 0. The van der Waals surface area contributed by atoms with E-state index in [0.29, 0.717) is 5.92 Å². The van der Waals surface area contributed by atoms with Gasteiger partial charge >= 0.3 is 6.09 Å². The lowest BCUT2D eigenvalue weighted by Crippen LogP contribution is -2.46. The van der Waals surface area contributed by atoms with Gasteiger partial charge in [0.15, 0.2) is 0 Å². The van der Waals surface area contributed by atoms with Crippen LogP contribution in [0.25, 0.3) is 0 Å². The Morgan fingerprint density at radius 1 is 1.50 bits per heavy atom. The van der Waals surface area contributed by atoms with Gasteiger partial charge in [-0.15, -0.1) is 11.3 Å². The highest BCUT2D eigenvalue weighted by molar-refractivity contribution is 7.09. The van der Waals surface area contributed by atoms with Crippen LogP contribution in [0.2, 0.25) is 0 Å². The molecule has 2 atom stereocenters. The molecule has 0 radical (unpaired) electrons. The first-order valence-corrected chi connectivity index (χ1v) is 8.77. The van der Waals surface area contributed by atoms with Gasteiger partial charge in [-0.1, -0.05) is 0 Å². The number of alkyl carbamates (subject to hydrolysis) is 1. The van der Waals surface area contributed by atoms with Gasteiger partial charge in [-0.05, 0) is 53.4 Å². The van der Waals surface area contributed by atoms with Gasteiger partial charge in [0.25, 0.3) is 0 Å². The van der Waals surface area contributed by atoms with Crippen molar-refractivity contribution in [2.24, 2.45) is 5.92 Å². The van der Waals surface area contributed by atoms with Gasteiger partial charge in [0, 0.05) is 23.5 Å². The van der Waals surface area contributed by atoms with E-state index < -0.39 is 5.60 Å². The predicted molar refractivity (Wildman–Crippen MR) is 89.2 cm³/mol. The number of carbonyl (C=O) groups is 1. The largest absolute Gasteiger partial charge is 0.444 e. The van der Waals surface area contributed by atoms with Crippen LogP contribution < -0.4 is 10.6 Å². The number of carbonyl (C=O) groups excluding carboxylic acids is 1. The lowest BCUT2D eigenvalue weighted by molar-refractivity contribution is 0.0497. The zero-order valence-corrected chi connectivity index (χ0v) is 14.9. The zero-order chi connectivity index (χ0) is 16.3. The summed E-state index contributed by atoms with van der Waals surface area (Å²) < 4.78 is 5.36. The van der Waals surface area contributed by atoms with E-state index in [2.05, 4.69) is 22.5 Å². The molecule has 1 amide bonds. The minimum atomic E-state index is -0.460. The van der Waals surface area contributed by atoms with Gasteiger partial charge in [0.1, 0.15) is 5.60 Å². The molecule has 0 aliphatic heterocycles. The summed E-state index contributed by atoms with van der Waals surface area (Å²) in [6, 6.07) is 0.375. The Morgan fingerprint density at radius 3 is 2.68 bits per heavy atom. The molecule has 6 heteroatoms. The van der Waals surface area contributed by atoms with Crippen LogP contribution in [0.1, 0.15) is 57.1 Å². The number of aryl methyl sites for hydroxylation is 1. The van der Waals surface area contributed by atoms with Crippen molar-refractivity contribution in [2.45, 2.75) is 65.1 Å². The predicted octanol–water partition coefficient (Wildman–Crippen LogP) is 3.41. The lowest BCUT2D eigenvalue weighted by atomic mass is 10.1. The van der Waals surface area contributed by atoms with Crippen molar-refractivity contribution in [3.63, 3.8) is 0 Å². The zero-order valence-electron chi connectivity index (χ0n) is 14.1. The van der Waals surface area contributed by atoms with E-state index >= 15 is 0 Å². The molecule has 0 bridgehead atoms. The summed E-state index contributed by atoms with van der Waals surface area (Å²) >= 11 is 1.67. The highest BCUT2D eigenvalue weighted by Gasteiger charge is 2.33. The first kappa shape index (κ1) is 17.2. The fourth-order valence-electron chi connectivity index (χ4n) is 2.42. The van der Waals surface area contributed by atoms with Crippen LogP contribution in [0.5, 0.6) is 0 Å². The molecule has 22 heavy (non-hydrogen) atoms. The summed E-state index contributed by atoms with van der Waals surface area (Å²) in [4.78, 5) is 17.5. The second-order valence-corrected chi connectivity index (χ2v) is 7.91. The van der Waals surface area contributed by atoms with Crippen molar-refractivity contribution in [3.8, 4) is 0 Å². The highest BCUT2D eigenvalue weighted by Crippen LogP contribution is 2.33. The van der Waals surface area contributed by atoms with Crippen molar-refractivity contribution < 1.29 is 9.53 Å². The smallest absolute Gasteiger partial charge is 0.407 e. The van der Waals surface area contributed by atoms with Crippen LogP contribution in [0, 0.1) is 12.8 Å². The third kappa shape index (κ3) is 5.25. The van der Waals surface area contributed by atoms with Crippen molar-refractivity contribution in [2.75, 3.05) is 6.54 Å². The van der Waals surface area contributed by atoms with Gasteiger partial charge in [0.2, 0.25) is 0 Å². The fourth-order valence-corrected chi connectivity index (χ4v) is 3.25. The minimum absolute atomic E-state index is 0.130. The second-order valence-electron chi connectivity index (χ2n) is 7.02. The van der Waals surface area contributed by atoms with Crippen LogP contribution in [-0.4, -0.2) is 29.3 Å². The van der Waals surface area contributed by atoms with E-state index in [0.717, 1.165) is 12.2 Å². The molecule has 2 rings (SSSR count). The second kappa shape index (κ2) is 6.96. The molecule has 0 saturated heterocycles. The third-order valence-corrected chi connectivity index (χ3v) is 4.83. The van der Waals surface area contributed by atoms with Gasteiger partial charge in [0.05, 0.1) is 11.2 Å². The number of nitrogens with zero attached hydrogens (tertiary/aromatic N) is 1. The summed E-state index contributed by atoms with van der Waals surface area (Å²) in [5.41, 5.74) is 2.49. The van der Waals surface area contributed by atoms with E-state index in [1.807, 2.05) is 33.2 Å². The minimum Gasteiger partial charge on any atom is -0.444 e. The highest BCUT2D eigenvalue weighted by atomic mass is 32.1. The van der Waals surface area contributed by atoms with Crippen molar-refractivity contribution in [1.29, 1.82) is 0 Å². The Bertz CT molecular complexity index is 506. The maximum Gasteiger partial charge on any atom is 0.407 e. The molecule has 1 fully saturated rings. The summed E-state index contributed by atoms with van der Waals surface area (Å²) in [5.74, 6) is 0.565. The summed E-state index contributed by atoms with van der Waals surface area (Å²) in [6.07, 6.45) is 2.03. The standard InChI is InChI=1S/C16H27N3O2S/c1-10(14-11(2)18-9-22-14)17-8-13(12-6-7-12)19-15(20)21-16(3,4)5/h9-10,12-13,17H,6-8H2,1-5H3,(H,19,20). The van der Waals surface area contributed by atoms with Crippen LogP contribution in [0.15, 0.2) is 5.51 Å². The number of thiazole rings is 1. The van der Waals surface area contributed by atoms with Crippen molar-refractivity contribution in [1.82, 2.24) is 15.6 Å². The Labute approximate surface area is 136 Å². The number of rotatable bonds is 6. The number of hydrogen-bond acceptors (Lipinski definition) is 5. The number of ether oxygens (including phenoxy) is 1. The quantitative estimate of drug-likeness (QED) is 0.841. The first-order valence-electron chi connectivity index (χ1n) is 7.89. The molecule has 1 aromatic rings. The maximum atomic E-state index is 12.0. The van der Waals surface area contributed by atoms with Crippen LogP contribution in [0.3, 0.4) is 0 Å². The molecule has 1 heterocycles. The maximum absolute atomic E-state index is 12.0. The number of nitrogens with one attached hydrogen (secondary N) is 2. The number of amides is 1. The van der Waals surface area contributed by atoms with E-state index in [4.69, 9.17) is 4.74 Å². The van der Waals surface area contributed by atoms with E-state index in [1.165, 1.54) is 17.7 Å². The fraction of sp³-hybridized carbons (Fsp3) is 0.750. The number of hydrogen-bond donors (Lipinski definition) is 2. The Hall–Kier alpha value is -1.14. The average molecular weight is 325 g/mol. The van der Waals surface area contributed by atoms with Crippen LogP contribution >= 0.6 is 11.3 Å². The molecule has 5 nitrogen and oxygen atoms in total. The Balaban J connectivity index is 1.85. The monoisotopic (exact) mass is 325 g/mol. The number of aromatic nitrogens is 1. The molecule has 2 N–H and O–H groups in total. The molecular weight excluding hydrogens is 298 g/mol. The summed E-state index contributed by atoms with van der Waals surface area (Å²) in [6.45, 7) is 10.6. The lowest BCUT2D eigenvalue weighted by Gasteiger charge is -2.25. The van der Waals surface area contributed by atoms with E-state index in [-0.39, 0.29) is 18.2 Å².